The number of carbonyl (C=O) groups is 3. The van der Waals surface area contributed by atoms with Crippen molar-refractivity contribution in [1.29, 1.82) is 0 Å². The average molecular weight is 500 g/mol. The van der Waals surface area contributed by atoms with E-state index < -0.39 is 18.5 Å². The number of hydrogen-bond acceptors (Lipinski definition) is 7. The Bertz CT molecular complexity index is 1490. The Hall–Kier alpha value is -4.86. The minimum atomic E-state index is -0.681. The Balaban J connectivity index is 1.30. The fourth-order valence-corrected chi connectivity index (χ4v) is 3.66. The number of esters is 1. The van der Waals surface area contributed by atoms with Crippen LogP contribution in [0, 0.1) is 0 Å². The molecule has 0 aliphatic heterocycles. The molecule has 1 aromatic heterocycles. The van der Waals surface area contributed by atoms with Crippen LogP contribution < -0.4 is 16.2 Å². The summed E-state index contributed by atoms with van der Waals surface area (Å²) in [5.74, 6) is -1.64. The summed E-state index contributed by atoms with van der Waals surface area (Å²) in [4.78, 5) is 49.9. The summed E-state index contributed by atoms with van der Waals surface area (Å²) in [6.07, 6.45) is -0.170. The molecule has 1 heterocycles. The second-order valence-electron chi connectivity index (χ2n) is 8.25. The van der Waals surface area contributed by atoms with Gasteiger partial charge in [0.05, 0.1) is 35.6 Å². The fourth-order valence-electron chi connectivity index (χ4n) is 3.66. The van der Waals surface area contributed by atoms with Gasteiger partial charge in [-0.2, -0.15) is 0 Å². The third kappa shape index (κ3) is 6.43. The lowest BCUT2D eigenvalue weighted by Crippen LogP contribution is -2.29. The molecule has 2 amide bonds. The van der Waals surface area contributed by atoms with E-state index in [2.05, 4.69) is 20.9 Å². The van der Waals surface area contributed by atoms with Gasteiger partial charge in [0.15, 0.2) is 6.61 Å². The van der Waals surface area contributed by atoms with Crippen LogP contribution in [-0.4, -0.2) is 39.4 Å². The number of nitrogens with one attached hydrogen (secondary N) is 2. The number of aryl methyl sites for hydroxylation is 1. The van der Waals surface area contributed by atoms with Gasteiger partial charge in [0.1, 0.15) is 5.52 Å². The summed E-state index contributed by atoms with van der Waals surface area (Å²) in [5, 5.41) is 13.7. The maximum Gasteiger partial charge on any atom is 0.308 e. The normalized spacial score (nSPS) is 11.5. The Morgan fingerprint density at radius 1 is 0.946 bits per heavy atom. The van der Waals surface area contributed by atoms with Crippen LogP contribution in [-0.2, 0) is 20.9 Å². The molecule has 4 aromatic rings. The maximum absolute atomic E-state index is 12.8. The fraction of sp³-hybridized carbons (Fsp3) is 0.185. The lowest BCUT2D eigenvalue weighted by Gasteiger charge is -2.16. The number of ether oxygens (including phenoxy) is 1. The molecule has 37 heavy (non-hydrogen) atoms. The lowest BCUT2D eigenvalue weighted by molar-refractivity contribution is -0.147. The summed E-state index contributed by atoms with van der Waals surface area (Å²) in [6, 6.07) is 22.6. The molecular formula is C27H25N5O5. The van der Waals surface area contributed by atoms with Gasteiger partial charge in [0, 0.05) is 0 Å². The molecule has 3 aromatic carbocycles. The van der Waals surface area contributed by atoms with Crippen molar-refractivity contribution in [1.82, 2.24) is 20.3 Å². The van der Waals surface area contributed by atoms with Crippen molar-refractivity contribution >= 4 is 34.4 Å². The van der Waals surface area contributed by atoms with Gasteiger partial charge in [0.25, 0.3) is 17.4 Å². The molecule has 0 radical (unpaired) electrons. The van der Waals surface area contributed by atoms with Crippen molar-refractivity contribution in [2.75, 3.05) is 11.9 Å². The van der Waals surface area contributed by atoms with Crippen LogP contribution in [0.1, 0.15) is 35.3 Å². The zero-order chi connectivity index (χ0) is 26.2. The highest BCUT2D eigenvalue weighted by Gasteiger charge is 2.17. The highest BCUT2D eigenvalue weighted by molar-refractivity contribution is 6.04. The van der Waals surface area contributed by atoms with Crippen molar-refractivity contribution < 1.29 is 19.1 Å². The first-order chi connectivity index (χ1) is 17.9. The number of carbonyl (C=O) groups excluding carboxylic acids is 3. The highest BCUT2D eigenvalue weighted by atomic mass is 16.5. The molecule has 1 unspecified atom stereocenters. The molecule has 0 spiro atoms. The van der Waals surface area contributed by atoms with Crippen LogP contribution in [0.2, 0.25) is 0 Å². The molecule has 0 aliphatic rings. The van der Waals surface area contributed by atoms with Gasteiger partial charge in [-0.1, -0.05) is 59.8 Å². The molecule has 1 atom stereocenters. The highest BCUT2D eigenvalue weighted by Crippen LogP contribution is 2.18. The molecule has 0 bridgehead atoms. The average Bonchev–Trinajstić information content (AvgIpc) is 2.92. The van der Waals surface area contributed by atoms with Crippen LogP contribution >= 0.6 is 0 Å². The zero-order valence-electron chi connectivity index (χ0n) is 20.1. The Labute approximate surface area is 212 Å². The number of aromatic nitrogens is 3. The molecule has 0 saturated carbocycles. The van der Waals surface area contributed by atoms with Crippen LogP contribution in [0.3, 0.4) is 0 Å². The van der Waals surface area contributed by atoms with Gasteiger partial charge < -0.3 is 15.4 Å². The van der Waals surface area contributed by atoms with Gasteiger partial charge >= 0.3 is 5.97 Å². The van der Waals surface area contributed by atoms with Gasteiger partial charge in [-0.05, 0) is 36.8 Å². The first-order valence-electron chi connectivity index (χ1n) is 11.6. The summed E-state index contributed by atoms with van der Waals surface area (Å²) in [5.41, 5.74) is 1.61. The Kier molecular flexibility index (Phi) is 7.99. The predicted molar refractivity (Wildman–Crippen MR) is 137 cm³/mol. The molecule has 0 saturated heterocycles. The number of benzene rings is 3. The van der Waals surface area contributed by atoms with E-state index in [0.717, 1.165) is 10.2 Å². The third-order valence-electron chi connectivity index (χ3n) is 5.61. The van der Waals surface area contributed by atoms with E-state index in [-0.39, 0.29) is 36.0 Å². The standard InChI is InChI=1S/C27H25N5O5/c1-18(19-9-3-2-4-10-19)28-26(35)20-11-5-7-13-22(20)29-24(33)17-37-25(34)15-16-32-27(36)21-12-6-8-14-23(21)30-31-32/h2-14,18H,15-17H2,1H3,(H,28,35)(H,29,33). The minimum absolute atomic E-state index is 0.0419. The molecule has 0 fully saturated rings. The van der Waals surface area contributed by atoms with Crippen LogP contribution in [0.4, 0.5) is 5.69 Å². The van der Waals surface area contributed by atoms with Crippen molar-refractivity contribution in [3.8, 4) is 0 Å². The summed E-state index contributed by atoms with van der Waals surface area (Å²) < 4.78 is 6.11. The zero-order valence-corrected chi connectivity index (χ0v) is 20.1. The van der Waals surface area contributed by atoms with E-state index in [1.54, 1.807) is 48.5 Å². The number of anilines is 1. The van der Waals surface area contributed by atoms with Crippen LogP contribution in [0.25, 0.3) is 10.9 Å². The number of amides is 2. The molecule has 4 rings (SSSR count). The predicted octanol–water partition coefficient (Wildman–Crippen LogP) is 2.85. The van der Waals surface area contributed by atoms with E-state index in [1.807, 2.05) is 37.3 Å². The minimum Gasteiger partial charge on any atom is -0.456 e. The summed E-state index contributed by atoms with van der Waals surface area (Å²) in [7, 11) is 0. The smallest absolute Gasteiger partial charge is 0.308 e. The molecule has 2 N–H and O–H groups in total. The number of hydrogen-bond donors (Lipinski definition) is 2. The Morgan fingerprint density at radius 2 is 1.65 bits per heavy atom. The third-order valence-corrected chi connectivity index (χ3v) is 5.61. The first-order valence-corrected chi connectivity index (χ1v) is 11.6. The first kappa shape index (κ1) is 25.2. The van der Waals surface area contributed by atoms with Crippen molar-refractivity contribution in [2.45, 2.75) is 25.9 Å². The van der Waals surface area contributed by atoms with E-state index in [1.165, 1.54) is 0 Å². The number of fused-ring (bicyclic) bond motifs is 1. The van der Waals surface area contributed by atoms with Gasteiger partial charge in [-0.15, -0.1) is 5.10 Å². The molecule has 0 aliphatic carbocycles. The largest absolute Gasteiger partial charge is 0.456 e. The van der Waals surface area contributed by atoms with Crippen molar-refractivity contribution in [3.05, 3.63) is 100 Å². The van der Waals surface area contributed by atoms with Gasteiger partial charge in [-0.25, -0.2) is 4.68 Å². The van der Waals surface area contributed by atoms with Gasteiger partial charge in [0.2, 0.25) is 0 Å². The van der Waals surface area contributed by atoms with Crippen LogP contribution in [0.15, 0.2) is 83.7 Å². The summed E-state index contributed by atoms with van der Waals surface area (Å²) >= 11 is 0. The van der Waals surface area contributed by atoms with Crippen LogP contribution in [0.5, 0.6) is 0 Å². The SMILES string of the molecule is CC(NC(=O)c1ccccc1NC(=O)COC(=O)CCn1nnc2ccccc2c1=O)c1ccccc1. The molecule has 10 nitrogen and oxygen atoms in total. The second-order valence-corrected chi connectivity index (χ2v) is 8.25. The van der Waals surface area contributed by atoms with E-state index in [9.17, 15) is 19.2 Å². The summed E-state index contributed by atoms with van der Waals surface area (Å²) in [6.45, 7) is 1.28. The number of nitrogens with zero attached hydrogens (tertiary/aromatic N) is 3. The number of para-hydroxylation sites is 1. The lowest BCUT2D eigenvalue weighted by atomic mass is 10.1. The van der Waals surface area contributed by atoms with Gasteiger partial charge in [-0.3, -0.25) is 19.2 Å². The molecule has 188 valence electrons. The van der Waals surface area contributed by atoms with Crippen molar-refractivity contribution in [3.63, 3.8) is 0 Å². The van der Waals surface area contributed by atoms with E-state index in [0.29, 0.717) is 16.6 Å². The second kappa shape index (κ2) is 11.7. The molecule has 10 heteroatoms. The topological polar surface area (TPSA) is 132 Å². The van der Waals surface area contributed by atoms with Crippen molar-refractivity contribution in [2.24, 2.45) is 0 Å². The monoisotopic (exact) mass is 499 g/mol. The van der Waals surface area contributed by atoms with E-state index >= 15 is 0 Å². The molecular weight excluding hydrogens is 474 g/mol. The van der Waals surface area contributed by atoms with E-state index in [4.69, 9.17) is 4.74 Å². The number of rotatable bonds is 9. The quantitative estimate of drug-likeness (QED) is 0.339. The maximum atomic E-state index is 12.8. The Morgan fingerprint density at radius 3 is 2.46 bits per heavy atom.